The second-order valence-corrected chi connectivity index (χ2v) is 5.23. The topological polar surface area (TPSA) is 101 Å². The fourth-order valence-corrected chi connectivity index (χ4v) is 2.16. The summed E-state index contributed by atoms with van der Waals surface area (Å²) in [6.45, 7) is 3.71. The van der Waals surface area contributed by atoms with E-state index >= 15 is 0 Å². The molecule has 1 atom stereocenters. The third-order valence-electron chi connectivity index (χ3n) is 3.30. The van der Waals surface area contributed by atoms with Crippen LogP contribution in [-0.2, 0) is 9.59 Å². The quantitative estimate of drug-likeness (QED) is 0.539. The summed E-state index contributed by atoms with van der Waals surface area (Å²) in [7, 11) is 0. The number of carboxylic acids is 2. The summed E-state index contributed by atoms with van der Waals surface area (Å²) in [5.74, 6) is -2.74. The van der Waals surface area contributed by atoms with Crippen molar-refractivity contribution >= 4 is 11.9 Å². The number of hydrogen-bond acceptors (Lipinski definition) is 3. The van der Waals surface area contributed by atoms with E-state index in [0.717, 1.165) is 23.1 Å². The fourth-order valence-electron chi connectivity index (χ4n) is 2.16. The molecule has 0 saturated heterocycles. The second kappa shape index (κ2) is 10.6. The normalized spacial score (nSPS) is 11.3. The number of hydrogen-bond donors (Lipinski definition) is 3. The van der Waals surface area contributed by atoms with Crippen molar-refractivity contribution in [1.82, 2.24) is 0 Å². The SMILES string of the molecule is C=CCC(N)c1ccccc1-c1ccc(F)cc1.O=C(O)/C=C/C(=O)O. The summed E-state index contributed by atoms with van der Waals surface area (Å²) < 4.78 is 12.9. The Labute approximate surface area is 150 Å². The molecule has 0 aliphatic rings. The standard InChI is InChI=1S/C16H16FN.C4H4O4/c1-2-5-16(18)15-7-4-3-6-14(15)12-8-10-13(17)11-9-12;5-3(6)1-2-4(7)8/h2-4,6-11,16H,1,5,18H2;1-2H,(H,5,6)(H,7,8)/b;2-1+. The van der Waals surface area contributed by atoms with Crippen LogP contribution < -0.4 is 5.73 Å². The Balaban J connectivity index is 0.000000359. The summed E-state index contributed by atoms with van der Waals surface area (Å²) in [5, 5.41) is 15.6. The van der Waals surface area contributed by atoms with E-state index in [1.807, 2.05) is 30.3 Å². The molecule has 0 bridgehead atoms. The zero-order valence-corrected chi connectivity index (χ0v) is 14.0. The highest BCUT2D eigenvalue weighted by atomic mass is 19.1. The Morgan fingerprint density at radius 3 is 2.08 bits per heavy atom. The van der Waals surface area contributed by atoms with Crippen LogP contribution in [-0.4, -0.2) is 22.2 Å². The molecule has 0 aliphatic heterocycles. The van der Waals surface area contributed by atoms with Crippen LogP contribution in [0.25, 0.3) is 11.1 Å². The number of carbonyl (C=O) groups is 2. The molecule has 26 heavy (non-hydrogen) atoms. The molecule has 2 rings (SSSR count). The molecule has 0 aromatic heterocycles. The van der Waals surface area contributed by atoms with Gasteiger partial charge in [0.1, 0.15) is 5.82 Å². The lowest BCUT2D eigenvalue weighted by Gasteiger charge is -2.15. The first kappa shape index (κ1) is 20.8. The molecule has 0 spiro atoms. The first-order valence-corrected chi connectivity index (χ1v) is 7.70. The van der Waals surface area contributed by atoms with Gasteiger partial charge < -0.3 is 15.9 Å². The highest BCUT2D eigenvalue weighted by Crippen LogP contribution is 2.28. The number of halogens is 1. The first-order chi connectivity index (χ1) is 12.3. The summed E-state index contributed by atoms with van der Waals surface area (Å²) in [6.07, 6.45) is 3.65. The highest BCUT2D eigenvalue weighted by molar-refractivity contribution is 5.89. The second-order valence-electron chi connectivity index (χ2n) is 5.23. The minimum absolute atomic E-state index is 0.0799. The van der Waals surface area contributed by atoms with Gasteiger partial charge in [0.2, 0.25) is 0 Å². The summed E-state index contributed by atoms with van der Waals surface area (Å²) in [6, 6.07) is 14.3. The number of nitrogens with two attached hydrogens (primary N) is 1. The largest absolute Gasteiger partial charge is 0.478 e. The smallest absolute Gasteiger partial charge is 0.328 e. The fraction of sp³-hybridized carbons (Fsp3) is 0.100. The Hall–Kier alpha value is -3.25. The van der Waals surface area contributed by atoms with Gasteiger partial charge in [0.25, 0.3) is 0 Å². The van der Waals surface area contributed by atoms with E-state index in [2.05, 4.69) is 6.58 Å². The van der Waals surface area contributed by atoms with Gasteiger partial charge in [0, 0.05) is 18.2 Å². The molecule has 4 N–H and O–H groups in total. The van der Waals surface area contributed by atoms with Crippen molar-refractivity contribution in [2.24, 2.45) is 5.73 Å². The number of aliphatic carboxylic acids is 2. The molecule has 0 heterocycles. The van der Waals surface area contributed by atoms with Crippen LogP contribution in [0.2, 0.25) is 0 Å². The Morgan fingerprint density at radius 1 is 1.04 bits per heavy atom. The first-order valence-electron chi connectivity index (χ1n) is 7.70. The van der Waals surface area contributed by atoms with Gasteiger partial charge in [0.05, 0.1) is 0 Å². The van der Waals surface area contributed by atoms with Crippen molar-refractivity contribution < 1.29 is 24.2 Å². The molecule has 0 fully saturated rings. The maximum atomic E-state index is 12.9. The molecule has 0 radical (unpaired) electrons. The maximum absolute atomic E-state index is 12.9. The van der Waals surface area contributed by atoms with Crippen LogP contribution in [0.5, 0.6) is 0 Å². The lowest BCUT2D eigenvalue weighted by atomic mass is 9.94. The Morgan fingerprint density at radius 2 is 1.58 bits per heavy atom. The molecule has 1 unspecified atom stereocenters. The number of benzene rings is 2. The number of rotatable bonds is 6. The summed E-state index contributed by atoms with van der Waals surface area (Å²) >= 11 is 0. The van der Waals surface area contributed by atoms with Crippen molar-refractivity contribution in [1.29, 1.82) is 0 Å². The average Bonchev–Trinajstić information content (AvgIpc) is 2.61. The van der Waals surface area contributed by atoms with E-state index < -0.39 is 11.9 Å². The van der Waals surface area contributed by atoms with Crippen molar-refractivity contribution in [2.75, 3.05) is 0 Å². The molecule has 0 aliphatic carbocycles. The zero-order valence-electron chi connectivity index (χ0n) is 14.0. The summed E-state index contributed by atoms with van der Waals surface area (Å²) in [5.41, 5.74) is 9.21. The molecular formula is C20H20FNO4. The van der Waals surface area contributed by atoms with E-state index in [4.69, 9.17) is 15.9 Å². The summed E-state index contributed by atoms with van der Waals surface area (Å²) in [4.78, 5) is 19.1. The van der Waals surface area contributed by atoms with E-state index in [1.165, 1.54) is 12.1 Å². The van der Waals surface area contributed by atoms with Crippen LogP contribution in [0.3, 0.4) is 0 Å². The Bertz CT molecular complexity index is 769. The monoisotopic (exact) mass is 357 g/mol. The molecule has 6 heteroatoms. The van der Waals surface area contributed by atoms with Gasteiger partial charge in [-0.05, 0) is 35.2 Å². The average molecular weight is 357 g/mol. The van der Waals surface area contributed by atoms with E-state index in [9.17, 15) is 14.0 Å². The van der Waals surface area contributed by atoms with Gasteiger partial charge >= 0.3 is 11.9 Å². The lowest BCUT2D eigenvalue weighted by Crippen LogP contribution is -2.10. The van der Waals surface area contributed by atoms with Gasteiger partial charge in [-0.15, -0.1) is 6.58 Å². The van der Waals surface area contributed by atoms with E-state index in [-0.39, 0.29) is 11.9 Å². The predicted molar refractivity (Wildman–Crippen MR) is 98.0 cm³/mol. The molecule has 2 aromatic rings. The van der Waals surface area contributed by atoms with Crippen LogP contribution in [0.4, 0.5) is 4.39 Å². The predicted octanol–water partition coefficient (Wildman–Crippen LogP) is 3.78. The molecule has 2 aromatic carbocycles. The van der Waals surface area contributed by atoms with Crippen LogP contribution >= 0.6 is 0 Å². The molecule has 0 saturated carbocycles. The van der Waals surface area contributed by atoms with Crippen molar-refractivity contribution in [3.8, 4) is 11.1 Å². The van der Waals surface area contributed by atoms with Gasteiger partial charge in [0.15, 0.2) is 0 Å². The van der Waals surface area contributed by atoms with Gasteiger partial charge in [-0.2, -0.15) is 0 Å². The molecule has 136 valence electrons. The highest BCUT2D eigenvalue weighted by Gasteiger charge is 2.10. The van der Waals surface area contributed by atoms with E-state index in [1.54, 1.807) is 12.1 Å². The van der Waals surface area contributed by atoms with Crippen LogP contribution in [0.15, 0.2) is 73.3 Å². The van der Waals surface area contributed by atoms with Crippen molar-refractivity contribution in [3.05, 3.63) is 84.7 Å². The molecular weight excluding hydrogens is 337 g/mol. The zero-order chi connectivity index (χ0) is 19.5. The lowest BCUT2D eigenvalue weighted by molar-refractivity contribution is -0.134. The van der Waals surface area contributed by atoms with Crippen LogP contribution in [0.1, 0.15) is 18.0 Å². The minimum Gasteiger partial charge on any atom is -0.478 e. The molecule has 0 amide bonds. The van der Waals surface area contributed by atoms with Crippen LogP contribution in [0, 0.1) is 5.82 Å². The molecule has 5 nitrogen and oxygen atoms in total. The third kappa shape index (κ3) is 7.11. The van der Waals surface area contributed by atoms with E-state index in [0.29, 0.717) is 12.2 Å². The van der Waals surface area contributed by atoms with Gasteiger partial charge in [-0.3, -0.25) is 0 Å². The van der Waals surface area contributed by atoms with Crippen molar-refractivity contribution in [2.45, 2.75) is 12.5 Å². The maximum Gasteiger partial charge on any atom is 0.328 e. The third-order valence-corrected chi connectivity index (χ3v) is 3.30. The Kier molecular flexibility index (Phi) is 8.46. The minimum atomic E-state index is -1.26. The van der Waals surface area contributed by atoms with Crippen molar-refractivity contribution in [3.63, 3.8) is 0 Å². The van der Waals surface area contributed by atoms with Gasteiger partial charge in [-0.25, -0.2) is 14.0 Å². The van der Waals surface area contributed by atoms with Gasteiger partial charge in [-0.1, -0.05) is 42.5 Å². The number of carboxylic acid groups (broad SMARTS) is 2.